The topological polar surface area (TPSA) is 54.9 Å². The molecule has 0 N–H and O–H groups in total. The van der Waals surface area contributed by atoms with Gasteiger partial charge in [0, 0.05) is 45.0 Å². The van der Waals surface area contributed by atoms with Gasteiger partial charge in [0.25, 0.3) is 0 Å². The zero-order valence-corrected chi connectivity index (χ0v) is 14.0. The van der Waals surface area contributed by atoms with Crippen LogP contribution in [0.1, 0.15) is 25.7 Å². The molecule has 1 aromatic rings. The van der Waals surface area contributed by atoms with Crippen LogP contribution < -0.4 is 4.74 Å². The van der Waals surface area contributed by atoms with Crippen LogP contribution in [0.25, 0.3) is 0 Å². The van der Waals surface area contributed by atoms with E-state index in [9.17, 15) is 4.79 Å². The van der Waals surface area contributed by atoms with Crippen LogP contribution in [0.5, 0.6) is 5.88 Å². The zero-order valence-electron chi connectivity index (χ0n) is 14.0. The zero-order chi connectivity index (χ0) is 16.4. The van der Waals surface area contributed by atoms with Crippen molar-refractivity contribution < 1.29 is 14.3 Å². The molecular formula is C18H25N3O3. The van der Waals surface area contributed by atoms with Crippen molar-refractivity contribution in [2.24, 2.45) is 5.41 Å². The average Bonchev–Trinajstić information content (AvgIpc) is 3.29. The van der Waals surface area contributed by atoms with E-state index in [4.69, 9.17) is 9.47 Å². The van der Waals surface area contributed by atoms with Crippen molar-refractivity contribution in [1.82, 2.24) is 14.8 Å². The third kappa shape index (κ3) is 2.95. The Morgan fingerprint density at radius 1 is 1.29 bits per heavy atom. The lowest BCUT2D eigenvalue weighted by molar-refractivity contribution is -0.0315. The molecule has 6 heteroatoms. The molecule has 2 atom stereocenters. The number of amides is 2. The molecule has 24 heavy (non-hydrogen) atoms. The molecule has 4 rings (SSSR count). The highest BCUT2D eigenvalue weighted by molar-refractivity contribution is 5.75. The number of hydrogen-bond acceptors (Lipinski definition) is 4. The van der Waals surface area contributed by atoms with E-state index in [-0.39, 0.29) is 17.6 Å². The number of piperidine rings is 1. The Morgan fingerprint density at radius 2 is 2.17 bits per heavy atom. The lowest BCUT2D eigenvalue weighted by atomic mass is 9.77. The number of rotatable bonds is 3. The van der Waals surface area contributed by atoms with Crippen LogP contribution in [0, 0.1) is 5.41 Å². The first-order valence-corrected chi connectivity index (χ1v) is 8.96. The number of carbonyl (C=O) groups excluding carboxylic acids is 1. The summed E-state index contributed by atoms with van der Waals surface area (Å²) in [5, 5.41) is 0. The quantitative estimate of drug-likeness (QED) is 0.852. The van der Waals surface area contributed by atoms with E-state index in [0.29, 0.717) is 12.5 Å². The SMILES string of the molecule is O=C(N1CCCC1)N1CC[C@H]2OCC[C@@]2(COc2ccccn2)C1. The second kappa shape index (κ2) is 6.59. The molecule has 3 fully saturated rings. The Kier molecular flexibility index (Phi) is 4.31. The summed E-state index contributed by atoms with van der Waals surface area (Å²) in [5.41, 5.74) is -0.106. The second-order valence-electron chi connectivity index (χ2n) is 7.12. The number of hydrogen-bond donors (Lipinski definition) is 0. The van der Waals surface area contributed by atoms with Gasteiger partial charge >= 0.3 is 6.03 Å². The number of aromatic nitrogens is 1. The van der Waals surface area contributed by atoms with Crippen LogP contribution in [-0.4, -0.2) is 66.3 Å². The number of likely N-dealkylation sites (tertiary alicyclic amines) is 2. The van der Waals surface area contributed by atoms with Crippen LogP contribution in [-0.2, 0) is 4.74 Å². The highest BCUT2D eigenvalue weighted by atomic mass is 16.5. The van der Waals surface area contributed by atoms with Gasteiger partial charge < -0.3 is 19.3 Å². The fourth-order valence-electron chi connectivity index (χ4n) is 4.18. The van der Waals surface area contributed by atoms with Gasteiger partial charge in [-0.25, -0.2) is 9.78 Å². The molecule has 6 nitrogen and oxygen atoms in total. The molecule has 3 saturated heterocycles. The molecular weight excluding hydrogens is 306 g/mol. The van der Waals surface area contributed by atoms with Crippen LogP contribution in [0.3, 0.4) is 0 Å². The molecule has 0 spiro atoms. The summed E-state index contributed by atoms with van der Waals surface area (Å²) in [6, 6.07) is 5.86. The molecule has 0 radical (unpaired) electrons. The highest BCUT2D eigenvalue weighted by Crippen LogP contribution is 2.41. The van der Waals surface area contributed by atoms with Crippen molar-refractivity contribution in [2.45, 2.75) is 31.8 Å². The van der Waals surface area contributed by atoms with Crippen molar-refractivity contribution in [3.63, 3.8) is 0 Å². The fraction of sp³-hybridized carbons (Fsp3) is 0.667. The smallest absolute Gasteiger partial charge is 0.320 e. The van der Waals surface area contributed by atoms with E-state index >= 15 is 0 Å². The number of nitrogens with zero attached hydrogens (tertiary/aromatic N) is 3. The predicted molar refractivity (Wildman–Crippen MR) is 88.9 cm³/mol. The monoisotopic (exact) mass is 331 g/mol. The van der Waals surface area contributed by atoms with Gasteiger partial charge in [-0.3, -0.25) is 0 Å². The molecule has 130 valence electrons. The standard InChI is InChI=1S/C18H25N3O3/c22-17(20-9-3-4-10-20)21-11-6-15-18(13-21,7-12-23-15)14-24-16-5-1-2-8-19-16/h1-2,5,8,15H,3-4,6-7,9-14H2/t15-,18+/m1/s1. The summed E-state index contributed by atoms with van der Waals surface area (Å²) >= 11 is 0. The summed E-state index contributed by atoms with van der Waals surface area (Å²) in [6.45, 7) is 4.60. The average molecular weight is 331 g/mol. The van der Waals surface area contributed by atoms with Gasteiger partial charge in [0.2, 0.25) is 5.88 Å². The predicted octanol–water partition coefficient (Wildman–Crippen LogP) is 2.16. The van der Waals surface area contributed by atoms with Gasteiger partial charge in [-0.2, -0.15) is 0 Å². The summed E-state index contributed by atoms with van der Waals surface area (Å²) < 4.78 is 11.9. The van der Waals surface area contributed by atoms with Gasteiger partial charge in [-0.15, -0.1) is 0 Å². The van der Waals surface area contributed by atoms with Gasteiger partial charge in [0.15, 0.2) is 0 Å². The van der Waals surface area contributed by atoms with Crippen molar-refractivity contribution in [3.8, 4) is 5.88 Å². The Bertz CT molecular complexity index is 576. The van der Waals surface area contributed by atoms with E-state index < -0.39 is 0 Å². The first kappa shape index (κ1) is 15.7. The Morgan fingerprint density at radius 3 is 2.96 bits per heavy atom. The second-order valence-corrected chi connectivity index (χ2v) is 7.12. The Labute approximate surface area is 142 Å². The molecule has 1 aromatic heterocycles. The molecule has 2 amide bonds. The maximum Gasteiger partial charge on any atom is 0.320 e. The number of fused-ring (bicyclic) bond motifs is 1. The minimum Gasteiger partial charge on any atom is -0.477 e. The summed E-state index contributed by atoms with van der Waals surface area (Å²) in [7, 11) is 0. The maximum absolute atomic E-state index is 12.8. The molecule has 4 heterocycles. The van der Waals surface area contributed by atoms with Crippen LogP contribution in [0.15, 0.2) is 24.4 Å². The van der Waals surface area contributed by atoms with E-state index in [1.165, 1.54) is 0 Å². The number of pyridine rings is 1. The molecule has 0 aliphatic carbocycles. The van der Waals surface area contributed by atoms with Gasteiger partial charge in [-0.05, 0) is 31.7 Å². The molecule has 0 saturated carbocycles. The van der Waals surface area contributed by atoms with E-state index in [2.05, 4.69) is 4.98 Å². The highest BCUT2D eigenvalue weighted by Gasteiger charge is 2.50. The molecule has 3 aliphatic heterocycles. The fourth-order valence-corrected chi connectivity index (χ4v) is 4.18. The number of urea groups is 1. The summed E-state index contributed by atoms with van der Waals surface area (Å²) in [6.07, 6.45) is 6.00. The van der Waals surface area contributed by atoms with Crippen LogP contribution >= 0.6 is 0 Å². The summed E-state index contributed by atoms with van der Waals surface area (Å²) in [4.78, 5) is 21.0. The van der Waals surface area contributed by atoms with Crippen molar-refractivity contribution >= 4 is 6.03 Å². The van der Waals surface area contributed by atoms with Crippen LogP contribution in [0.2, 0.25) is 0 Å². The Balaban J connectivity index is 1.45. The van der Waals surface area contributed by atoms with E-state index in [1.807, 2.05) is 28.0 Å². The number of carbonyl (C=O) groups is 1. The van der Waals surface area contributed by atoms with Crippen LogP contribution in [0.4, 0.5) is 4.79 Å². The first-order valence-electron chi connectivity index (χ1n) is 8.96. The molecule has 3 aliphatic rings. The van der Waals surface area contributed by atoms with Crippen molar-refractivity contribution in [3.05, 3.63) is 24.4 Å². The lowest BCUT2D eigenvalue weighted by Crippen LogP contribution is -2.56. The third-order valence-corrected chi connectivity index (χ3v) is 5.56. The van der Waals surface area contributed by atoms with Crippen molar-refractivity contribution in [1.29, 1.82) is 0 Å². The maximum atomic E-state index is 12.8. The largest absolute Gasteiger partial charge is 0.477 e. The van der Waals surface area contributed by atoms with Crippen molar-refractivity contribution in [2.75, 3.05) is 39.4 Å². The summed E-state index contributed by atoms with van der Waals surface area (Å²) in [5.74, 6) is 0.639. The third-order valence-electron chi connectivity index (χ3n) is 5.56. The molecule has 0 bridgehead atoms. The van der Waals surface area contributed by atoms with Gasteiger partial charge in [0.1, 0.15) is 0 Å². The Hall–Kier alpha value is -1.82. The van der Waals surface area contributed by atoms with Gasteiger partial charge in [0.05, 0.1) is 18.1 Å². The van der Waals surface area contributed by atoms with Gasteiger partial charge in [-0.1, -0.05) is 6.07 Å². The first-order chi connectivity index (χ1) is 11.8. The van der Waals surface area contributed by atoms with E-state index in [0.717, 1.165) is 58.5 Å². The molecule has 0 unspecified atom stereocenters. The minimum atomic E-state index is -0.106. The number of ether oxygens (including phenoxy) is 2. The van der Waals surface area contributed by atoms with E-state index in [1.54, 1.807) is 6.20 Å². The molecule has 0 aromatic carbocycles. The normalized spacial score (nSPS) is 29.6. The minimum absolute atomic E-state index is 0.106. The lowest BCUT2D eigenvalue weighted by Gasteiger charge is -2.44.